The van der Waals surface area contributed by atoms with Gasteiger partial charge in [-0.3, -0.25) is 10.1 Å². The normalized spacial score (nSPS) is 10.9. The van der Waals surface area contributed by atoms with Crippen LogP contribution in [0.5, 0.6) is 0 Å². The maximum atomic E-state index is 12.7. The van der Waals surface area contributed by atoms with E-state index in [-0.39, 0.29) is 11.0 Å². The molecular formula is C20H14ClN3OS2. The lowest BCUT2D eigenvalue weighted by Gasteiger charge is -2.10. The summed E-state index contributed by atoms with van der Waals surface area (Å²) in [6.07, 6.45) is 0. The fourth-order valence-electron chi connectivity index (χ4n) is 2.85. The summed E-state index contributed by atoms with van der Waals surface area (Å²) < 4.78 is 1.07. The predicted molar refractivity (Wildman–Crippen MR) is 117 cm³/mol. The molecule has 0 atom stereocenters. The first-order valence-electron chi connectivity index (χ1n) is 8.18. The Morgan fingerprint density at radius 2 is 1.89 bits per heavy atom. The van der Waals surface area contributed by atoms with Crippen LogP contribution in [-0.2, 0) is 0 Å². The number of amides is 1. The van der Waals surface area contributed by atoms with Crippen LogP contribution in [0, 0.1) is 6.92 Å². The number of thiocarbonyl (C=S) groups is 1. The van der Waals surface area contributed by atoms with Gasteiger partial charge in [0.05, 0.1) is 10.2 Å². The number of hydrogen-bond acceptors (Lipinski definition) is 4. The Labute approximate surface area is 170 Å². The molecule has 0 unspecified atom stereocenters. The summed E-state index contributed by atoms with van der Waals surface area (Å²) in [5.74, 6) is -0.294. The molecule has 0 bridgehead atoms. The fraction of sp³-hybridized carbons (Fsp3) is 0.0500. The van der Waals surface area contributed by atoms with E-state index in [9.17, 15) is 4.79 Å². The third-order valence-corrected chi connectivity index (χ3v) is 5.57. The molecule has 27 heavy (non-hydrogen) atoms. The highest BCUT2D eigenvalue weighted by molar-refractivity contribution is 7.80. The minimum atomic E-state index is -0.294. The van der Waals surface area contributed by atoms with E-state index in [2.05, 4.69) is 21.7 Å². The van der Waals surface area contributed by atoms with Gasteiger partial charge in [0.2, 0.25) is 0 Å². The predicted octanol–water partition coefficient (Wildman–Crippen LogP) is 5.54. The Bertz CT molecular complexity index is 1200. The van der Waals surface area contributed by atoms with Crippen LogP contribution in [0.25, 0.3) is 21.0 Å². The smallest absolute Gasteiger partial charge is 0.258 e. The highest BCUT2D eigenvalue weighted by atomic mass is 35.5. The van der Waals surface area contributed by atoms with Crippen molar-refractivity contribution >= 4 is 72.3 Å². The number of nitrogens with zero attached hydrogens (tertiary/aromatic N) is 1. The van der Waals surface area contributed by atoms with Crippen LogP contribution < -0.4 is 10.6 Å². The first kappa shape index (κ1) is 17.9. The van der Waals surface area contributed by atoms with Gasteiger partial charge in [0.25, 0.3) is 5.91 Å². The van der Waals surface area contributed by atoms with E-state index in [1.807, 2.05) is 37.3 Å². The Morgan fingerprint density at radius 3 is 2.74 bits per heavy atom. The van der Waals surface area contributed by atoms with E-state index in [4.69, 9.17) is 23.8 Å². The summed E-state index contributed by atoms with van der Waals surface area (Å²) in [7, 11) is 0. The molecule has 0 aliphatic rings. The second kappa shape index (κ2) is 7.23. The highest BCUT2D eigenvalue weighted by Crippen LogP contribution is 2.27. The summed E-state index contributed by atoms with van der Waals surface area (Å²) >= 11 is 13.0. The average molecular weight is 412 g/mol. The molecular weight excluding hydrogens is 398 g/mol. The van der Waals surface area contributed by atoms with Crippen LogP contribution in [0.3, 0.4) is 0 Å². The van der Waals surface area contributed by atoms with Gasteiger partial charge in [-0.15, -0.1) is 0 Å². The largest absolute Gasteiger partial charge is 0.308 e. The highest BCUT2D eigenvalue weighted by Gasteiger charge is 2.13. The molecule has 4 aromatic rings. The number of aromatic nitrogens is 1. The zero-order valence-electron chi connectivity index (χ0n) is 14.2. The van der Waals surface area contributed by atoms with Gasteiger partial charge in [0.1, 0.15) is 0 Å². The SMILES string of the molecule is Cc1ccc2nc(NC(=S)NC(=O)c3cccc4c(Cl)cccc34)sc2c1. The molecule has 1 amide bonds. The molecule has 0 fully saturated rings. The molecule has 7 heteroatoms. The van der Waals surface area contributed by atoms with Gasteiger partial charge < -0.3 is 5.32 Å². The molecule has 1 heterocycles. The number of aryl methyl sites for hydroxylation is 1. The summed E-state index contributed by atoms with van der Waals surface area (Å²) in [4.78, 5) is 17.2. The van der Waals surface area contributed by atoms with Crippen molar-refractivity contribution in [2.24, 2.45) is 0 Å². The first-order chi connectivity index (χ1) is 13.0. The minimum absolute atomic E-state index is 0.204. The molecule has 4 rings (SSSR count). The Morgan fingerprint density at radius 1 is 1.11 bits per heavy atom. The molecule has 3 aromatic carbocycles. The van der Waals surface area contributed by atoms with Gasteiger partial charge in [-0.2, -0.15) is 0 Å². The lowest BCUT2D eigenvalue weighted by Crippen LogP contribution is -2.34. The second-order valence-electron chi connectivity index (χ2n) is 6.04. The minimum Gasteiger partial charge on any atom is -0.308 e. The van der Waals surface area contributed by atoms with Crippen LogP contribution in [0.15, 0.2) is 54.6 Å². The standard InChI is InChI=1S/C20H14ClN3OS2/c1-11-8-9-16-17(10-11)27-20(22-16)24-19(26)23-18(25)14-6-2-5-13-12(14)4-3-7-15(13)21/h2-10H,1H3,(H2,22,23,24,25,26). The van der Waals surface area contributed by atoms with Crippen LogP contribution in [-0.4, -0.2) is 16.0 Å². The van der Waals surface area contributed by atoms with Crippen LogP contribution in [0.1, 0.15) is 15.9 Å². The summed E-state index contributed by atoms with van der Waals surface area (Å²) in [6, 6.07) is 17.0. The van der Waals surface area contributed by atoms with Crippen molar-refractivity contribution in [3.63, 3.8) is 0 Å². The first-order valence-corrected chi connectivity index (χ1v) is 9.78. The lowest BCUT2D eigenvalue weighted by molar-refractivity contribution is 0.0979. The van der Waals surface area contributed by atoms with Crippen molar-refractivity contribution in [1.29, 1.82) is 0 Å². The molecule has 4 nitrogen and oxygen atoms in total. The molecule has 0 aliphatic heterocycles. The van der Waals surface area contributed by atoms with Crippen molar-refractivity contribution in [2.45, 2.75) is 6.92 Å². The van der Waals surface area contributed by atoms with Crippen molar-refractivity contribution in [3.05, 3.63) is 70.7 Å². The fourth-order valence-corrected chi connectivity index (χ4v) is 4.31. The Hall–Kier alpha value is -2.54. The van der Waals surface area contributed by atoms with E-state index in [0.29, 0.717) is 15.7 Å². The molecule has 2 N–H and O–H groups in total. The quantitative estimate of drug-likeness (QED) is 0.425. The van der Waals surface area contributed by atoms with Crippen LogP contribution in [0.4, 0.5) is 5.13 Å². The summed E-state index contributed by atoms with van der Waals surface area (Å²) in [6.45, 7) is 2.04. The Kier molecular flexibility index (Phi) is 4.78. The third kappa shape index (κ3) is 3.64. The Balaban J connectivity index is 1.54. The number of nitrogens with one attached hydrogen (secondary N) is 2. The average Bonchev–Trinajstić information content (AvgIpc) is 3.02. The number of fused-ring (bicyclic) bond motifs is 2. The second-order valence-corrected chi connectivity index (χ2v) is 7.89. The lowest BCUT2D eigenvalue weighted by atomic mass is 10.0. The number of rotatable bonds is 2. The number of carbonyl (C=O) groups excluding carboxylic acids is 1. The zero-order valence-corrected chi connectivity index (χ0v) is 16.6. The number of benzene rings is 3. The monoisotopic (exact) mass is 411 g/mol. The van der Waals surface area contributed by atoms with Gasteiger partial charge >= 0.3 is 0 Å². The molecule has 0 spiro atoms. The van der Waals surface area contributed by atoms with Crippen LogP contribution >= 0.6 is 35.2 Å². The van der Waals surface area contributed by atoms with E-state index >= 15 is 0 Å². The molecule has 0 aliphatic carbocycles. The molecule has 134 valence electrons. The summed E-state index contributed by atoms with van der Waals surface area (Å²) in [5.41, 5.74) is 2.58. The van der Waals surface area contributed by atoms with Crippen molar-refractivity contribution < 1.29 is 4.79 Å². The third-order valence-electron chi connectivity index (χ3n) is 4.10. The van der Waals surface area contributed by atoms with E-state index in [1.54, 1.807) is 18.2 Å². The summed E-state index contributed by atoms with van der Waals surface area (Å²) in [5, 5.41) is 8.76. The van der Waals surface area contributed by atoms with Crippen molar-refractivity contribution in [3.8, 4) is 0 Å². The zero-order chi connectivity index (χ0) is 19.0. The van der Waals surface area contributed by atoms with Crippen molar-refractivity contribution in [2.75, 3.05) is 5.32 Å². The van der Waals surface area contributed by atoms with Gasteiger partial charge in [0, 0.05) is 16.0 Å². The molecule has 0 saturated heterocycles. The van der Waals surface area contributed by atoms with Gasteiger partial charge in [-0.05, 0) is 54.4 Å². The van der Waals surface area contributed by atoms with Crippen LogP contribution in [0.2, 0.25) is 5.02 Å². The van der Waals surface area contributed by atoms with Gasteiger partial charge in [0.15, 0.2) is 10.2 Å². The number of hydrogen-bond donors (Lipinski definition) is 2. The maximum absolute atomic E-state index is 12.7. The van der Waals surface area contributed by atoms with E-state index < -0.39 is 0 Å². The maximum Gasteiger partial charge on any atom is 0.258 e. The number of halogens is 1. The van der Waals surface area contributed by atoms with Crippen molar-refractivity contribution in [1.82, 2.24) is 10.3 Å². The van der Waals surface area contributed by atoms with E-state index in [0.717, 1.165) is 21.0 Å². The molecule has 0 radical (unpaired) electrons. The molecule has 0 saturated carbocycles. The number of anilines is 1. The van der Waals surface area contributed by atoms with Gasteiger partial charge in [-0.1, -0.05) is 53.3 Å². The number of thiazole rings is 1. The van der Waals surface area contributed by atoms with Gasteiger partial charge in [-0.25, -0.2) is 4.98 Å². The molecule has 1 aromatic heterocycles. The topological polar surface area (TPSA) is 54.0 Å². The number of carbonyl (C=O) groups is 1. The van der Waals surface area contributed by atoms with E-state index in [1.165, 1.54) is 16.9 Å².